The van der Waals surface area contributed by atoms with E-state index < -0.39 is 0 Å². The van der Waals surface area contributed by atoms with Gasteiger partial charge in [-0.25, -0.2) is 4.79 Å². The lowest BCUT2D eigenvalue weighted by atomic mass is 9.85. The van der Waals surface area contributed by atoms with Gasteiger partial charge in [0.05, 0.1) is 12.5 Å². The van der Waals surface area contributed by atoms with Crippen molar-refractivity contribution >= 4 is 11.9 Å². The van der Waals surface area contributed by atoms with Crippen LogP contribution in [-0.4, -0.2) is 42.1 Å². The molecule has 1 amide bonds. The lowest BCUT2D eigenvalue weighted by Gasteiger charge is -2.37. The van der Waals surface area contributed by atoms with E-state index in [9.17, 15) is 9.59 Å². The summed E-state index contributed by atoms with van der Waals surface area (Å²) in [4.78, 5) is 28.5. The van der Waals surface area contributed by atoms with Crippen LogP contribution in [0.2, 0.25) is 0 Å². The van der Waals surface area contributed by atoms with Crippen LogP contribution < -0.4 is 4.74 Å². The first-order valence-corrected chi connectivity index (χ1v) is 13.4. The molecule has 2 aliphatic heterocycles. The second-order valence-electron chi connectivity index (χ2n) is 10.4. The minimum atomic E-state index is -0.260. The molecule has 6 rings (SSSR count). The highest BCUT2D eigenvalue weighted by Gasteiger charge is 2.46. The topological polar surface area (TPSA) is 79.6 Å². The van der Waals surface area contributed by atoms with E-state index in [0.717, 1.165) is 12.8 Å². The highest BCUT2D eigenvalue weighted by Crippen LogP contribution is 2.45. The largest absolute Gasteiger partial charge is 0.493 e. The van der Waals surface area contributed by atoms with Crippen LogP contribution >= 0.6 is 0 Å². The fraction of sp³-hybridized carbons (Fsp3) is 0.344. The van der Waals surface area contributed by atoms with Gasteiger partial charge >= 0.3 is 6.09 Å². The molecule has 6 heteroatoms. The van der Waals surface area contributed by atoms with Gasteiger partial charge in [-0.2, -0.15) is 5.26 Å². The third-order valence-electron chi connectivity index (χ3n) is 8.27. The summed E-state index contributed by atoms with van der Waals surface area (Å²) in [7, 11) is 0. The number of amides is 1. The molecule has 2 bridgehead atoms. The van der Waals surface area contributed by atoms with Crippen molar-refractivity contribution < 1.29 is 19.1 Å². The van der Waals surface area contributed by atoms with E-state index in [1.165, 1.54) is 22.3 Å². The van der Waals surface area contributed by atoms with Gasteiger partial charge in [0.25, 0.3) is 0 Å². The van der Waals surface area contributed by atoms with E-state index >= 15 is 0 Å². The van der Waals surface area contributed by atoms with Gasteiger partial charge in [0.15, 0.2) is 5.78 Å². The van der Waals surface area contributed by atoms with E-state index in [0.29, 0.717) is 43.8 Å². The third kappa shape index (κ3) is 4.43. The van der Waals surface area contributed by atoms with Crippen LogP contribution in [0.15, 0.2) is 72.8 Å². The van der Waals surface area contributed by atoms with E-state index in [2.05, 4.69) is 30.3 Å². The van der Waals surface area contributed by atoms with Crippen LogP contribution in [0, 0.1) is 17.2 Å². The Morgan fingerprint density at radius 2 is 1.47 bits per heavy atom. The summed E-state index contributed by atoms with van der Waals surface area (Å²) in [5, 5.41) is 8.65. The van der Waals surface area contributed by atoms with Gasteiger partial charge < -0.3 is 14.4 Å². The second-order valence-corrected chi connectivity index (χ2v) is 10.4. The Balaban J connectivity index is 1.09. The number of nitriles is 1. The summed E-state index contributed by atoms with van der Waals surface area (Å²) in [5.41, 5.74) is 5.50. The standard InChI is InChI=1S/C32H30N2O4/c33-16-5-17-37-25-14-10-21(11-15-25)31(35)22-18-23-12-13-24(19-22)34(23)32(36)38-20-30-28-8-3-1-6-26(28)27-7-2-4-9-29(27)30/h1-4,6-11,14-15,22-24,30H,5,12-13,17-20H2. The van der Waals surface area contributed by atoms with Crippen molar-refractivity contribution in [1.82, 2.24) is 4.90 Å². The Bertz CT molecular complexity index is 1330. The van der Waals surface area contributed by atoms with Gasteiger partial charge in [0.1, 0.15) is 19.0 Å². The number of piperidine rings is 1. The number of hydrogen-bond acceptors (Lipinski definition) is 5. The van der Waals surface area contributed by atoms with E-state index in [1.54, 1.807) is 24.3 Å². The summed E-state index contributed by atoms with van der Waals surface area (Å²) < 4.78 is 11.5. The number of ketones is 1. The predicted molar refractivity (Wildman–Crippen MR) is 143 cm³/mol. The monoisotopic (exact) mass is 506 g/mol. The summed E-state index contributed by atoms with van der Waals surface area (Å²) >= 11 is 0. The molecule has 3 aromatic rings. The van der Waals surface area contributed by atoms with Crippen molar-refractivity contribution in [2.75, 3.05) is 13.2 Å². The maximum Gasteiger partial charge on any atom is 0.410 e. The Morgan fingerprint density at radius 3 is 2.08 bits per heavy atom. The van der Waals surface area contributed by atoms with Crippen molar-refractivity contribution in [3.05, 3.63) is 89.5 Å². The maximum absolute atomic E-state index is 13.3. The Morgan fingerprint density at radius 1 is 0.868 bits per heavy atom. The van der Waals surface area contributed by atoms with Gasteiger partial charge in [-0.3, -0.25) is 4.79 Å². The van der Waals surface area contributed by atoms with E-state index in [-0.39, 0.29) is 35.8 Å². The number of carbonyl (C=O) groups excluding carboxylic acids is 2. The summed E-state index contributed by atoms with van der Waals surface area (Å²) in [6.07, 6.45) is 3.21. The molecule has 2 atom stereocenters. The maximum atomic E-state index is 13.3. The summed E-state index contributed by atoms with van der Waals surface area (Å²) in [5.74, 6) is 0.713. The number of nitrogens with zero attached hydrogens (tertiary/aromatic N) is 2. The predicted octanol–water partition coefficient (Wildman–Crippen LogP) is 6.35. The number of ether oxygens (including phenoxy) is 2. The Kier molecular flexibility index (Phi) is 6.59. The normalized spacial score (nSPS) is 21.3. The summed E-state index contributed by atoms with van der Waals surface area (Å²) in [6, 6.07) is 26.0. The molecule has 38 heavy (non-hydrogen) atoms. The zero-order chi connectivity index (χ0) is 26.1. The molecule has 3 aromatic carbocycles. The molecule has 2 unspecified atom stereocenters. The molecular formula is C32H30N2O4. The molecule has 3 aliphatic rings. The lowest BCUT2D eigenvalue weighted by molar-refractivity contribution is 0.0506. The first-order chi connectivity index (χ1) is 18.6. The zero-order valence-corrected chi connectivity index (χ0v) is 21.2. The first-order valence-electron chi connectivity index (χ1n) is 13.4. The number of Topliss-reactive ketones (excluding diaryl/α,β-unsaturated/α-hetero) is 1. The fourth-order valence-corrected chi connectivity index (χ4v) is 6.52. The van der Waals surface area contributed by atoms with Crippen molar-refractivity contribution in [2.45, 2.75) is 50.1 Å². The van der Waals surface area contributed by atoms with E-state index in [4.69, 9.17) is 14.7 Å². The van der Waals surface area contributed by atoms with Crippen molar-refractivity contribution in [3.8, 4) is 22.9 Å². The van der Waals surface area contributed by atoms with Crippen LogP contribution in [0.5, 0.6) is 5.75 Å². The SMILES string of the molecule is N#CCCOc1ccc(C(=O)C2CC3CCC(C2)N3C(=O)OCC2c3ccccc3-c3ccccc32)cc1. The smallest absolute Gasteiger partial charge is 0.410 e. The number of benzene rings is 3. The summed E-state index contributed by atoms with van der Waals surface area (Å²) in [6.45, 7) is 0.648. The number of hydrogen-bond donors (Lipinski definition) is 0. The molecule has 2 heterocycles. The second kappa shape index (κ2) is 10.3. The molecule has 0 radical (unpaired) electrons. The van der Waals surface area contributed by atoms with E-state index in [1.807, 2.05) is 29.2 Å². The average Bonchev–Trinajstić information content (AvgIpc) is 3.42. The highest BCUT2D eigenvalue weighted by atomic mass is 16.6. The molecule has 0 aromatic heterocycles. The molecule has 0 spiro atoms. The number of fused-ring (bicyclic) bond motifs is 5. The minimum absolute atomic E-state index is 0.0342. The van der Waals surface area contributed by atoms with Gasteiger partial charge in [-0.1, -0.05) is 48.5 Å². The van der Waals surface area contributed by atoms with Gasteiger partial charge in [0, 0.05) is 29.5 Å². The van der Waals surface area contributed by atoms with Gasteiger partial charge in [-0.15, -0.1) is 0 Å². The van der Waals surface area contributed by atoms with Crippen LogP contribution in [0.3, 0.4) is 0 Å². The molecule has 0 saturated carbocycles. The quantitative estimate of drug-likeness (QED) is 0.275. The molecule has 6 nitrogen and oxygen atoms in total. The van der Waals surface area contributed by atoms with Crippen molar-refractivity contribution in [1.29, 1.82) is 5.26 Å². The van der Waals surface area contributed by atoms with Crippen molar-refractivity contribution in [3.63, 3.8) is 0 Å². The molecular weight excluding hydrogens is 476 g/mol. The average molecular weight is 507 g/mol. The lowest BCUT2D eigenvalue weighted by Crippen LogP contribution is -2.48. The molecule has 2 saturated heterocycles. The van der Waals surface area contributed by atoms with Crippen molar-refractivity contribution in [2.24, 2.45) is 5.92 Å². The number of carbonyl (C=O) groups is 2. The van der Waals surface area contributed by atoms with Gasteiger partial charge in [0.2, 0.25) is 0 Å². The first kappa shape index (κ1) is 24.2. The zero-order valence-electron chi connectivity index (χ0n) is 21.2. The molecule has 0 N–H and O–H groups in total. The van der Waals surface area contributed by atoms with Crippen LogP contribution in [-0.2, 0) is 4.74 Å². The minimum Gasteiger partial charge on any atom is -0.493 e. The molecule has 192 valence electrons. The van der Waals surface area contributed by atoms with Gasteiger partial charge in [-0.05, 0) is 72.2 Å². The van der Waals surface area contributed by atoms with Crippen LogP contribution in [0.1, 0.15) is 59.5 Å². The van der Waals surface area contributed by atoms with Crippen LogP contribution in [0.25, 0.3) is 11.1 Å². The fourth-order valence-electron chi connectivity index (χ4n) is 6.52. The van der Waals surface area contributed by atoms with Crippen LogP contribution in [0.4, 0.5) is 4.79 Å². The Labute approximate surface area is 222 Å². The third-order valence-corrected chi connectivity index (χ3v) is 8.27. The highest BCUT2D eigenvalue weighted by molar-refractivity contribution is 5.98. The molecule has 2 fully saturated rings. The Hall–Kier alpha value is -4.11. The number of rotatable bonds is 7. The molecule has 1 aliphatic carbocycles.